The SMILES string of the molecule is COC(=O)[C@H]1O[C@@H](O[C@H]2[C@H](O[C@H]3CC[C@]4(C)[C@H]5CC=C6[C@@H]7CC(C)(C)CC[C@]7(C(=O)OC)CC[C@@]6(C)[C@]5(C)CC[C@H]4C3(C)C)O[C@H](C(=O)OC)[C@@H](OC(C)=O)[C@@H]2OC(C)=O)[C@H](OC(C)=O)[C@@H](OC(C)=O)[C@@H]1OC(C)=O. The number of methoxy groups -OCH3 is 3. The van der Waals surface area contributed by atoms with E-state index < -0.39 is 120 Å². The van der Waals surface area contributed by atoms with Crippen LogP contribution in [0.2, 0.25) is 0 Å². The van der Waals surface area contributed by atoms with Crippen molar-refractivity contribution in [3.05, 3.63) is 11.6 Å². The molecule has 75 heavy (non-hydrogen) atoms. The van der Waals surface area contributed by atoms with Crippen LogP contribution >= 0.6 is 0 Å². The summed E-state index contributed by atoms with van der Waals surface area (Å²) in [6.45, 7) is 21.5. The van der Waals surface area contributed by atoms with Gasteiger partial charge in [0, 0.05) is 34.6 Å². The molecule has 0 bridgehead atoms. The molecule has 5 aliphatic carbocycles. The van der Waals surface area contributed by atoms with Crippen molar-refractivity contribution < 1.29 is 95.2 Å². The summed E-state index contributed by atoms with van der Waals surface area (Å²) in [5, 5.41) is 0. The maximum atomic E-state index is 13.8. The third kappa shape index (κ3) is 10.3. The topological polar surface area (TPSA) is 247 Å². The van der Waals surface area contributed by atoms with E-state index in [4.69, 9.17) is 56.8 Å². The molecule has 0 spiro atoms. The lowest BCUT2D eigenvalue weighted by Crippen LogP contribution is -2.69. The molecule has 0 aromatic heterocycles. The molecule has 0 aromatic carbocycles. The van der Waals surface area contributed by atoms with Crippen LogP contribution < -0.4 is 0 Å². The van der Waals surface area contributed by atoms with E-state index in [1.165, 1.54) is 12.7 Å². The van der Waals surface area contributed by atoms with Gasteiger partial charge in [0.1, 0.15) is 0 Å². The fraction of sp³-hybridized carbons (Fsp3) is 0.818. The molecule has 20 nitrogen and oxygen atoms in total. The molecule has 0 radical (unpaired) electrons. The molecule has 2 heterocycles. The number of carbonyl (C=O) groups excluding carboxylic acids is 8. The van der Waals surface area contributed by atoms with E-state index in [0.717, 1.165) is 107 Å². The maximum Gasteiger partial charge on any atom is 0.339 e. The minimum atomic E-state index is -1.96. The molecule has 2 saturated heterocycles. The van der Waals surface area contributed by atoms with Crippen molar-refractivity contribution in [3.8, 4) is 0 Å². The molecule has 7 aliphatic rings. The van der Waals surface area contributed by atoms with E-state index in [9.17, 15) is 38.4 Å². The lowest BCUT2D eigenvalue weighted by molar-refractivity contribution is -0.372. The second-order valence-electron chi connectivity index (χ2n) is 24.2. The Bertz CT molecular complexity index is 2290. The first-order valence-electron chi connectivity index (χ1n) is 26.4. The summed E-state index contributed by atoms with van der Waals surface area (Å²) < 4.78 is 70.4. The van der Waals surface area contributed by atoms with Gasteiger partial charge < -0.3 is 56.8 Å². The van der Waals surface area contributed by atoms with Gasteiger partial charge in [0.15, 0.2) is 55.1 Å². The molecule has 420 valence electrons. The van der Waals surface area contributed by atoms with E-state index in [1.54, 1.807) is 0 Å². The van der Waals surface area contributed by atoms with Gasteiger partial charge >= 0.3 is 47.8 Å². The highest BCUT2D eigenvalue weighted by Gasteiger charge is 2.70. The summed E-state index contributed by atoms with van der Waals surface area (Å²) in [4.78, 5) is 105. The number of hydrogen-bond donors (Lipinski definition) is 0. The smallest absolute Gasteiger partial charge is 0.339 e. The molecule has 6 fully saturated rings. The van der Waals surface area contributed by atoms with E-state index in [-0.39, 0.29) is 45.4 Å². The van der Waals surface area contributed by atoms with Gasteiger partial charge in [-0.1, -0.05) is 60.1 Å². The molecule has 0 amide bonds. The Morgan fingerprint density at radius 1 is 0.520 bits per heavy atom. The summed E-state index contributed by atoms with van der Waals surface area (Å²) in [6.07, 6.45) is -7.79. The van der Waals surface area contributed by atoms with Gasteiger partial charge in [0.05, 0.1) is 32.8 Å². The first-order valence-corrected chi connectivity index (χ1v) is 26.4. The summed E-state index contributed by atoms with van der Waals surface area (Å²) in [5.41, 5.74) is -0.158. The molecule has 18 atom stereocenters. The molecule has 7 rings (SSSR count). The third-order valence-electron chi connectivity index (χ3n) is 19.1. The Morgan fingerprint density at radius 3 is 1.51 bits per heavy atom. The number of fused-ring (bicyclic) bond motifs is 7. The van der Waals surface area contributed by atoms with E-state index >= 15 is 0 Å². The van der Waals surface area contributed by atoms with Crippen molar-refractivity contribution in [2.45, 2.75) is 215 Å². The van der Waals surface area contributed by atoms with Crippen LogP contribution in [0.1, 0.15) is 147 Å². The molecule has 4 saturated carbocycles. The number of hydrogen-bond acceptors (Lipinski definition) is 20. The van der Waals surface area contributed by atoms with Gasteiger partial charge in [-0.15, -0.1) is 0 Å². The zero-order valence-corrected chi connectivity index (χ0v) is 46.4. The van der Waals surface area contributed by atoms with Crippen molar-refractivity contribution >= 4 is 47.8 Å². The lowest BCUT2D eigenvalue weighted by atomic mass is 9.33. The number of allylic oxidation sites excluding steroid dienone is 2. The minimum absolute atomic E-state index is 0.0719. The zero-order chi connectivity index (χ0) is 55.5. The maximum absolute atomic E-state index is 13.8. The molecule has 2 aliphatic heterocycles. The summed E-state index contributed by atoms with van der Waals surface area (Å²) in [6, 6.07) is 0. The fourth-order valence-electron chi connectivity index (χ4n) is 15.6. The monoisotopic (exact) mass is 1060 g/mol. The van der Waals surface area contributed by atoms with Crippen LogP contribution in [0, 0.1) is 50.2 Å². The molecular weight excluding hydrogens is 981 g/mol. The van der Waals surface area contributed by atoms with Gasteiger partial charge in [0.2, 0.25) is 6.29 Å². The van der Waals surface area contributed by atoms with Crippen molar-refractivity contribution in [1.82, 2.24) is 0 Å². The largest absolute Gasteiger partial charge is 0.469 e. The third-order valence-corrected chi connectivity index (χ3v) is 19.1. The Labute approximate surface area is 439 Å². The van der Waals surface area contributed by atoms with Crippen LogP contribution in [0.25, 0.3) is 0 Å². The molecule has 20 heteroatoms. The number of esters is 8. The van der Waals surface area contributed by atoms with Crippen molar-refractivity contribution in [2.75, 3.05) is 21.3 Å². The fourth-order valence-corrected chi connectivity index (χ4v) is 15.6. The second-order valence-corrected chi connectivity index (χ2v) is 24.2. The van der Waals surface area contributed by atoms with E-state index in [1.807, 2.05) is 0 Å². The van der Waals surface area contributed by atoms with Crippen LogP contribution in [0.5, 0.6) is 0 Å². The van der Waals surface area contributed by atoms with Gasteiger partial charge in [-0.05, 0) is 109 Å². The predicted octanol–water partition coefficient (Wildman–Crippen LogP) is 6.19. The Kier molecular flexibility index (Phi) is 16.5. The Hall–Kier alpha value is -4.66. The summed E-state index contributed by atoms with van der Waals surface area (Å²) in [7, 11) is 3.65. The van der Waals surface area contributed by atoms with E-state index in [0.29, 0.717) is 6.42 Å². The van der Waals surface area contributed by atoms with Gasteiger partial charge in [0.25, 0.3) is 0 Å². The lowest BCUT2D eigenvalue weighted by Gasteiger charge is -2.71. The van der Waals surface area contributed by atoms with Crippen LogP contribution in [-0.2, 0) is 95.2 Å². The number of rotatable bonds is 12. The predicted molar refractivity (Wildman–Crippen MR) is 260 cm³/mol. The first-order chi connectivity index (χ1) is 34.9. The van der Waals surface area contributed by atoms with Crippen molar-refractivity contribution in [1.29, 1.82) is 0 Å². The highest BCUT2D eigenvalue weighted by Crippen LogP contribution is 2.76. The highest BCUT2D eigenvalue weighted by molar-refractivity contribution is 5.79. The summed E-state index contributed by atoms with van der Waals surface area (Å²) >= 11 is 0. The Balaban J connectivity index is 1.27. The molecule has 0 aromatic rings. The van der Waals surface area contributed by atoms with Crippen LogP contribution in [0.15, 0.2) is 11.6 Å². The quantitative estimate of drug-likeness (QED) is 0.0915. The minimum Gasteiger partial charge on any atom is -0.469 e. The average Bonchev–Trinajstić information content (AvgIpc) is 3.31. The van der Waals surface area contributed by atoms with Crippen molar-refractivity contribution in [3.63, 3.8) is 0 Å². The summed E-state index contributed by atoms with van der Waals surface area (Å²) in [5.74, 6) is -6.40. The number of ether oxygens (including phenoxy) is 12. The average molecular weight is 1060 g/mol. The van der Waals surface area contributed by atoms with Crippen LogP contribution in [0.4, 0.5) is 0 Å². The van der Waals surface area contributed by atoms with Crippen molar-refractivity contribution in [2.24, 2.45) is 50.2 Å². The van der Waals surface area contributed by atoms with Gasteiger partial charge in [-0.25, -0.2) is 9.59 Å². The Morgan fingerprint density at radius 2 is 1.00 bits per heavy atom. The van der Waals surface area contributed by atoms with Gasteiger partial charge in [-0.3, -0.25) is 28.8 Å². The highest BCUT2D eigenvalue weighted by atomic mass is 16.8. The standard InChI is InChI=1S/C55H80O20/c1-27(56)67-37-39(69-29(3)58)43(71-31(5)60)48(74-42(37)46(62)65-14)75-44-40(70-30(4)59)38(68-28(2)57)41(45(61)64-13)73-47(44)72-36-19-20-52(10)34(51(36,8)9)18-21-54(12)35(52)17-16-32-33-26-50(6,7)22-24-55(33,49(63)66-15)25-23-53(32,54)11/h16,33-44,47-48H,17-26H2,1-15H3/t33-,34-,35+,36-,37-,38-,39-,40-,41-,42-,43+,44+,47+,48-,52-,53+,54+,55-/m0/s1. The molecular formula is C55H80O20. The van der Waals surface area contributed by atoms with Crippen LogP contribution in [-0.4, -0.2) is 137 Å². The molecule has 0 unspecified atom stereocenters. The molecule has 0 N–H and O–H groups in total. The van der Waals surface area contributed by atoms with Crippen LogP contribution in [0.3, 0.4) is 0 Å². The van der Waals surface area contributed by atoms with E-state index in [2.05, 4.69) is 54.5 Å². The first kappa shape index (κ1) is 58.0. The second kappa shape index (κ2) is 21.3. The normalized spacial score (nSPS) is 41.4. The number of carbonyl (C=O) groups is 8. The van der Waals surface area contributed by atoms with Gasteiger partial charge in [-0.2, -0.15) is 0 Å². The zero-order valence-electron chi connectivity index (χ0n) is 46.4.